The number of aryl methyl sites for hydroxylation is 3. The average molecular weight is 261 g/mol. The van der Waals surface area contributed by atoms with Gasteiger partial charge in [-0.1, -0.05) is 35.9 Å². The van der Waals surface area contributed by atoms with Gasteiger partial charge in [-0.3, -0.25) is 4.98 Å². The van der Waals surface area contributed by atoms with Crippen molar-refractivity contribution in [2.24, 2.45) is 0 Å². The minimum absolute atomic E-state index is 1.10. The van der Waals surface area contributed by atoms with Crippen molar-refractivity contribution < 1.29 is 0 Å². The number of hydrogen-bond donors (Lipinski definition) is 0. The van der Waals surface area contributed by atoms with Gasteiger partial charge in [0.25, 0.3) is 0 Å². The van der Waals surface area contributed by atoms with E-state index in [9.17, 15) is 0 Å². The van der Waals surface area contributed by atoms with Gasteiger partial charge in [-0.25, -0.2) is 0 Å². The van der Waals surface area contributed by atoms with Gasteiger partial charge in [0, 0.05) is 17.1 Å². The molecule has 0 aliphatic rings. The summed E-state index contributed by atoms with van der Waals surface area (Å²) in [5, 5.41) is 2.49. The Morgan fingerprint density at radius 1 is 0.850 bits per heavy atom. The molecule has 0 spiro atoms. The van der Waals surface area contributed by atoms with E-state index in [0.29, 0.717) is 0 Å². The second-order valence-electron chi connectivity index (χ2n) is 5.57. The summed E-state index contributed by atoms with van der Waals surface area (Å²) < 4.78 is 0. The maximum Gasteiger partial charge on any atom is 0.0740 e. The number of rotatable bonds is 1. The lowest BCUT2D eigenvalue weighted by Gasteiger charge is -2.13. The molecule has 0 unspecified atom stereocenters. The fraction of sp³-hybridized carbons (Fsp3) is 0.211. The maximum atomic E-state index is 4.72. The van der Waals surface area contributed by atoms with Crippen molar-refractivity contribution in [3.63, 3.8) is 0 Å². The SMILES string of the molecule is Cc1cc(C)c(C)c(-c2ncc3ccccc3c2C)c1. The number of hydrogen-bond acceptors (Lipinski definition) is 1. The summed E-state index contributed by atoms with van der Waals surface area (Å²) in [5.74, 6) is 0. The number of nitrogens with zero attached hydrogens (tertiary/aromatic N) is 1. The highest BCUT2D eigenvalue weighted by Crippen LogP contribution is 2.31. The average Bonchev–Trinajstić information content (AvgIpc) is 2.44. The van der Waals surface area contributed by atoms with Crippen molar-refractivity contribution in [2.45, 2.75) is 27.7 Å². The Kier molecular flexibility index (Phi) is 3.06. The Bertz CT molecular complexity index is 800. The van der Waals surface area contributed by atoms with Crippen molar-refractivity contribution in [3.05, 3.63) is 64.8 Å². The van der Waals surface area contributed by atoms with Crippen molar-refractivity contribution in [3.8, 4) is 11.3 Å². The predicted octanol–water partition coefficient (Wildman–Crippen LogP) is 5.14. The van der Waals surface area contributed by atoms with Gasteiger partial charge in [0.1, 0.15) is 0 Å². The van der Waals surface area contributed by atoms with Gasteiger partial charge in [0.15, 0.2) is 0 Å². The van der Waals surface area contributed by atoms with Gasteiger partial charge in [-0.05, 0) is 55.8 Å². The third-order valence-electron chi connectivity index (χ3n) is 4.12. The summed E-state index contributed by atoms with van der Waals surface area (Å²) in [4.78, 5) is 4.72. The van der Waals surface area contributed by atoms with E-state index >= 15 is 0 Å². The normalized spacial score (nSPS) is 11.0. The largest absolute Gasteiger partial charge is 0.255 e. The Morgan fingerprint density at radius 3 is 2.40 bits per heavy atom. The van der Waals surface area contributed by atoms with Crippen LogP contribution >= 0.6 is 0 Å². The van der Waals surface area contributed by atoms with Gasteiger partial charge in [-0.15, -0.1) is 0 Å². The topological polar surface area (TPSA) is 12.9 Å². The highest BCUT2D eigenvalue weighted by Gasteiger charge is 2.11. The molecule has 0 aliphatic heterocycles. The third kappa shape index (κ3) is 2.00. The summed E-state index contributed by atoms with van der Waals surface area (Å²) in [7, 11) is 0. The summed E-state index contributed by atoms with van der Waals surface area (Å²) in [6.07, 6.45) is 1.98. The predicted molar refractivity (Wildman–Crippen MR) is 86.1 cm³/mol. The van der Waals surface area contributed by atoms with Crippen molar-refractivity contribution in [1.29, 1.82) is 0 Å². The lowest BCUT2D eigenvalue weighted by molar-refractivity contribution is 1.25. The highest BCUT2D eigenvalue weighted by atomic mass is 14.7. The van der Waals surface area contributed by atoms with Gasteiger partial charge in [0.2, 0.25) is 0 Å². The summed E-state index contributed by atoms with van der Waals surface area (Å²) in [5.41, 5.74) is 7.56. The molecule has 0 aliphatic carbocycles. The van der Waals surface area contributed by atoms with Crippen LogP contribution in [0.4, 0.5) is 0 Å². The first kappa shape index (κ1) is 12.9. The van der Waals surface area contributed by atoms with Gasteiger partial charge >= 0.3 is 0 Å². The highest BCUT2D eigenvalue weighted by molar-refractivity contribution is 5.89. The first-order valence-electron chi connectivity index (χ1n) is 7.00. The van der Waals surface area contributed by atoms with Crippen LogP contribution in [0.25, 0.3) is 22.0 Å². The second-order valence-corrected chi connectivity index (χ2v) is 5.57. The van der Waals surface area contributed by atoms with E-state index < -0.39 is 0 Å². The smallest absolute Gasteiger partial charge is 0.0740 e. The van der Waals surface area contributed by atoms with Gasteiger partial charge in [-0.2, -0.15) is 0 Å². The molecule has 0 radical (unpaired) electrons. The van der Waals surface area contributed by atoms with Crippen LogP contribution in [0, 0.1) is 27.7 Å². The number of aromatic nitrogens is 1. The standard InChI is InChI=1S/C19H19N/c1-12-9-13(2)14(3)18(10-12)19-15(4)17-8-6-5-7-16(17)11-20-19/h5-11H,1-4H3. The molecular weight excluding hydrogens is 242 g/mol. The number of fused-ring (bicyclic) bond motifs is 1. The molecule has 0 N–H and O–H groups in total. The Morgan fingerprint density at radius 2 is 1.60 bits per heavy atom. The van der Waals surface area contributed by atoms with E-state index in [0.717, 1.165) is 5.69 Å². The van der Waals surface area contributed by atoms with E-state index in [1.54, 1.807) is 0 Å². The second kappa shape index (κ2) is 4.75. The molecule has 0 atom stereocenters. The first-order chi connectivity index (χ1) is 9.58. The number of pyridine rings is 1. The van der Waals surface area contributed by atoms with Crippen LogP contribution in [-0.4, -0.2) is 4.98 Å². The Labute approximate surface area is 120 Å². The monoisotopic (exact) mass is 261 g/mol. The van der Waals surface area contributed by atoms with Crippen LogP contribution < -0.4 is 0 Å². The van der Waals surface area contributed by atoms with Crippen LogP contribution in [0.15, 0.2) is 42.6 Å². The molecule has 3 rings (SSSR count). The van der Waals surface area contributed by atoms with E-state index in [2.05, 4.69) is 64.1 Å². The molecule has 1 heterocycles. The van der Waals surface area contributed by atoms with Crippen LogP contribution in [0.5, 0.6) is 0 Å². The summed E-state index contributed by atoms with van der Waals surface area (Å²) in [6, 6.07) is 12.9. The van der Waals surface area contributed by atoms with Crippen molar-refractivity contribution in [1.82, 2.24) is 4.98 Å². The third-order valence-corrected chi connectivity index (χ3v) is 4.12. The van der Waals surface area contributed by atoms with Crippen LogP contribution in [0.1, 0.15) is 22.3 Å². The molecule has 3 aromatic rings. The molecular formula is C19H19N. The molecule has 1 heteroatoms. The molecule has 1 nitrogen and oxygen atoms in total. The molecule has 0 bridgehead atoms. The van der Waals surface area contributed by atoms with Crippen LogP contribution in [0.2, 0.25) is 0 Å². The maximum absolute atomic E-state index is 4.72. The zero-order valence-electron chi connectivity index (χ0n) is 12.5. The van der Waals surface area contributed by atoms with Crippen molar-refractivity contribution >= 4 is 10.8 Å². The minimum Gasteiger partial charge on any atom is -0.255 e. The Balaban J connectivity index is 2.33. The first-order valence-corrected chi connectivity index (χ1v) is 7.00. The fourth-order valence-electron chi connectivity index (χ4n) is 2.87. The summed E-state index contributed by atoms with van der Waals surface area (Å²) >= 11 is 0. The van der Waals surface area contributed by atoms with Crippen LogP contribution in [-0.2, 0) is 0 Å². The number of benzene rings is 2. The van der Waals surface area contributed by atoms with Crippen molar-refractivity contribution in [2.75, 3.05) is 0 Å². The molecule has 1 aromatic heterocycles. The Hall–Kier alpha value is -2.15. The van der Waals surface area contributed by atoms with E-state index in [1.807, 2.05) is 6.20 Å². The zero-order valence-corrected chi connectivity index (χ0v) is 12.5. The van der Waals surface area contributed by atoms with E-state index in [1.165, 1.54) is 38.6 Å². The fourth-order valence-corrected chi connectivity index (χ4v) is 2.87. The zero-order chi connectivity index (χ0) is 14.3. The molecule has 0 saturated carbocycles. The van der Waals surface area contributed by atoms with Gasteiger partial charge < -0.3 is 0 Å². The van der Waals surface area contributed by atoms with E-state index in [-0.39, 0.29) is 0 Å². The van der Waals surface area contributed by atoms with Crippen LogP contribution in [0.3, 0.4) is 0 Å². The molecule has 0 saturated heterocycles. The lowest BCUT2D eigenvalue weighted by Crippen LogP contribution is -1.95. The minimum atomic E-state index is 1.10. The lowest BCUT2D eigenvalue weighted by atomic mass is 9.94. The van der Waals surface area contributed by atoms with E-state index in [4.69, 9.17) is 4.98 Å². The molecule has 20 heavy (non-hydrogen) atoms. The molecule has 0 amide bonds. The molecule has 100 valence electrons. The van der Waals surface area contributed by atoms with Gasteiger partial charge in [0.05, 0.1) is 5.69 Å². The summed E-state index contributed by atoms with van der Waals surface area (Å²) in [6.45, 7) is 8.66. The quantitative estimate of drug-likeness (QED) is 0.591. The molecule has 2 aromatic carbocycles. The molecule has 0 fully saturated rings.